The number of rotatable bonds is 8. The van der Waals surface area contributed by atoms with E-state index in [1.54, 1.807) is 0 Å². The highest BCUT2D eigenvalue weighted by Crippen LogP contribution is 2.34. The van der Waals surface area contributed by atoms with Gasteiger partial charge in [0, 0.05) is 43.2 Å². The molecule has 0 saturated carbocycles. The molecule has 3 aliphatic heterocycles. The van der Waals surface area contributed by atoms with Gasteiger partial charge in [0.1, 0.15) is 13.2 Å². The minimum atomic E-state index is -0.162. The summed E-state index contributed by atoms with van der Waals surface area (Å²) in [6, 6.07) is 11.5. The van der Waals surface area contributed by atoms with Crippen molar-refractivity contribution < 1.29 is 23.7 Å². The van der Waals surface area contributed by atoms with E-state index in [9.17, 15) is 4.79 Å². The maximum atomic E-state index is 13.1. The normalized spacial score (nSPS) is 16.3. The lowest BCUT2D eigenvalue weighted by atomic mass is 10.1. The van der Waals surface area contributed by atoms with Crippen LogP contribution in [-0.4, -0.2) is 79.3 Å². The third-order valence-electron chi connectivity index (χ3n) is 7.07. The zero-order valence-electron chi connectivity index (χ0n) is 21.7. The van der Waals surface area contributed by atoms with Gasteiger partial charge < -0.3 is 38.9 Å². The maximum absolute atomic E-state index is 13.1. The number of hydrogen-bond donors (Lipinski definition) is 2. The lowest BCUT2D eigenvalue weighted by molar-refractivity contribution is 0.0376. The van der Waals surface area contributed by atoms with Crippen LogP contribution < -0.4 is 29.8 Å². The second-order valence-electron chi connectivity index (χ2n) is 9.79. The molecule has 0 amide bonds. The van der Waals surface area contributed by atoms with Gasteiger partial charge in [0.05, 0.1) is 25.3 Å². The SMILES string of the molecule is O=c1[nH]c2cc3c(cc2cc1CN(Cc1ccc2c(c1)OCO2)C(=S)NCCCN1CCOCC1)OCCO3. The molecule has 11 heteroatoms. The van der Waals surface area contributed by atoms with E-state index >= 15 is 0 Å². The summed E-state index contributed by atoms with van der Waals surface area (Å²) in [7, 11) is 0. The fraction of sp³-hybridized carbons (Fsp3) is 0.429. The Bertz CT molecular complexity index is 1410. The highest BCUT2D eigenvalue weighted by Gasteiger charge is 2.19. The third kappa shape index (κ3) is 6.05. The number of nitrogens with one attached hydrogen (secondary N) is 2. The van der Waals surface area contributed by atoms with Crippen molar-refractivity contribution in [1.82, 2.24) is 20.1 Å². The number of nitrogens with zero attached hydrogens (tertiary/aromatic N) is 2. The molecule has 1 fully saturated rings. The zero-order chi connectivity index (χ0) is 26.6. The topological polar surface area (TPSA) is 97.5 Å². The fourth-order valence-corrected chi connectivity index (χ4v) is 5.24. The van der Waals surface area contributed by atoms with Crippen LogP contribution in [0.15, 0.2) is 41.2 Å². The summed E-state index contributed by atoms with van der Waals surface area (Å²) in [6.45, 7) is 7.29. The second-order valence-corrected chi connectivity index (χ2v) is 10.2. The van der Waals surface area contributed by atoms with Crippen LogP contribution in [0.1, 0.15) is 17.5 Å². The molecule has 6 rings (SSSR count). The Morgan fingerprint density at radius 3 is 2.54 bits per heavy atom. The van der Waals surface area contributed by atoms with E-state index in [4.69, 9.17) is 35.9 Å². The first-order valence-corrected chi connectivity index (χ1v) is 13.7. The first kappa shape index (κ1) is 25.7. The number of morpholine rings is 1. The summed E-state index contributed by atoms with van der Waals surface area (Å²) in [4.78, 5) is 20.5. The third-order valence-corrected chi connectivity index (χ3v) is 7.48. The van der Waals surface area contributed by atoms with Crippen LogP contribution in [0.2, 0.25) is 0 Å². The highest BCUT2D eigenvalue weighted by atomic mass is 32.1. The molecule has 1 aromatic heterocycles. The van der Waals surface area contributed by atoms with Gasteiger partial charge in [-0.25, -0.2) is 0 Å². The van der Waals surface area contributed by atoms with Crippen LogP contribution in [0, 0.1) is 0 Å². The largest absolute Gasteiger partial charge is 0.486 e. The first-order chi connectivity index (χ1) is 19.1. The summed E-state index contributed by atoms with van der Waals surface area (Å²) in [5.41, 5.74) is 2.16. The van der Waals surface area contributed by atoms with Crippen molar-refractivity contribution in [3.63, 3.8) is 0 Å². The maximum Gasteiger partial charge on any atom is 0.253 e. The molecule has 10 nitrogen and oxygen atoms in total. The van der Waals surface area contributed by atoms with Crippen LogP contribution in [0.5, 0.6) is 23.0 Å². The Labute approximate surface area is 231 Å². The Hall–Kier alpha value is -3.54. The van der Waals surface area contributed by atoms with Crippen molar-refractivity contribution >= 4 is 28.2 Å². The van der Waals surface area contributed by atoms with E-state index in [0.717, 1.165) is 62.5 Å². The van der Waals surface area contributed by atoms with Crippen molar-refractivity contribution in [2.24, 2.45) is 0 Å². The molecule has 39 heavy (non-hydrogen) atoms. The molecule has 0 unspecified atom stereocenters. The van der Waals surface area contributed by atoms with Crippen LogP contribution in [0.4, 0.5) is 0 Å². The average molecular weight is 553 g/mol. The van der Waals surface area contributed by atoms with Crippen LogP contribution in [-0.2, 0) is 17.8 Å². The van der Waals surface area contributed by atoms with Gasteiger partial charge in [0.25, 0.3) is 5.56 Å². The van der Waals surface area contributed by atoms with E-state index in [1.165, 1.54) is 0 Å². The van der Waals surface area contributed by atoms with Gasteiger partial charge in [-0.15, -0.1) is 0 Å². The zero-order valence-corrected chi connectivity index (χ0v) is 22.5. The van der Waals surface area contributed by atoms with Crippen molar-refractivity contribution in [1.29, 1.82) is 0 Å². The summed E-state index contributed by atoms with van der Waals surface area (Å²) in [6.07, 6.45) is 0.960. The Balaban J connectivity index is 1.19. The number of ether oxygens (including phenoxy) is 5. The predicted octanol–water partition coefficient (Wildman–Crippen LogP) is 2.63. The molecule has 2 aromatic carbocycles. The summed E-state index contributed by atoms with van der Waals surface area (Å²) < 4.78 is 27.9. The Morgan fingerprint density at radius 1 is 0.923 bits per heavy atom. The van der Waals surface area contributed by atoms with Gasteiger partial charge in [0.2, 0.25) is 6.79 Å². The number of thiocarbonyl (C=S) groups is 1. The molecule has 4 heterocycles. The number of benzene rings is 2. The van der Waals surface area contributed by atoms with E-state index < -0.39 is 0 Å². The quantitative estimate of drug-likeness (QED) is 0.321. The standard InChI is InChI=1S/C28H32N4O6S/c33-27-21(13-20-14-25-26(15-22(20)30-27)36-11-10-35-25)17-32(16-19-2-3-23-24(12-19)38-18-37-23)28(39)29-4-1-5-31-6-8-34-9-7-31/h2-3,12-15H,1,4-11,16-18H2,(H,29,39)(H,30,33). The van der Waals surface area contributed by atoms with Crippen LogP contribution in [0.3, 0.4) is 0 Å². The number of fused-ring (bicyclic) bond motifs is 3. The number of hydrogen-bond acceptors (Lipinski definition) is 8. The fourth-order valence-electron chi connectivity index (χ4n) is 5.00. The van der Waals surface area contributed by atoms with Crippen molar-refractivity contribution in [3.05, 3.63) is 57.9 Å². The molecule has 0 radical (unpaired) electrons. The van der Waals surface area contributed by atoms with E-state index in [0.29, 0.717) is 59.7 Å². The second kappa shape index (κ2) is 11.7. The molecule has 0 spiro atoms. The highest BCUT2D eigenvalue weighted by molar-refractivity contribution is 7.80. The molecule has 0 aliphatic carbocycles. The molecular formula is C28H32N4O6S. The van der Waals surface area contributed by atoms with Crippen LogP contribution >= 0.6 is 12.2 Å². The Kier molecular flexibility index (Phi) is 7.71. The van der Waals surface area contributed by atoms with E-state index in [1.807, 2.05) is 41.3 Å². The molecule has 2 N–H and O–H groups in total. The summed E-state index contributed by atoms with van der Waals surface area (Å²) >= 11 is 5.84. The van der Waals surface area contributed by atoms with Crippen LogP contribution in [0.25, 0.3) is 10.9 Å². The van der Waals surface area contributed by atoms with Gasteiger partial charge in [-0.05, 0) is 55.0 Å². The first-order valence-electron chi connectivity index (χ1n) is 13.3. The average Bonchev–Trinajstić information content (AvgIpc) is 3.43. The minimum absolute atomic E-state index is 0.162. The molecule has 1 saturated heterocycles. The molecule has 206 valence electrons. The number of H-pyrrole nitrogens is 1. The smallest absolute Gasteiger partial charge is 0.253 e. The number of pyridine rings is 1. The number of aromatic amines is 1. The lowest BCUT2D eigenvalue weighted by Gasteiger charge is -2.28. The van der Waals surface area contributed by atoms with Gasteiger partial charge in [-0.2, -0.15) is 0 Å². The predicted molar refractivity (Wildman–Crippen MR) is 150 cm³/mol. The van der Waals surface area contributed by atoms with Crippen molar-refractivity contribution in [3.8, 4) is 23.0 Å². The summed E-state index contributed by atoms with van der Waals surface area (Å²) in [5.74, 6) is 2.77. The number of aromatic nitrogens is 1. The lowest BCUT2D eigenvalue weighted by Crippen LogP contribution is -2.42. The van der Waals surface area contributed by atoms with Gasteiger partial charge in [-0.1, -0.05) is 6.07 Å². The Morgan fingerprint density at radius 2 is 1.69 bits per heavy atom. The monoisotopic (exact) mass is 552 g/mol. The molecule has 0 bridgehead atoms. The summed E-state index contributed by atoms with van der Waals surface area (Å²) in [5, 5.41) is 4.88. The van der Waals surface area contributed by atoms with Gasteiger partial charge >= 0.3 is 0 Å². The van der Waals surface area contributed by atoms with Gasteiger partial charge in [0.15, 0.2) is 28.1 Å². The van der Waals surface area contributed by atoms with Crippen molar-refractivity contribution in [2.75, 3.05) is 59.4 Å². The van der Waals surface area contributed by atoms with Crippen molar-refractivity contribution in [2.45, 2.75) is 19.5 Å². The molecule has 3 aliphatic rings. The minimum Gasteiger partial charge on any atom is -0.486 e. The molecule has 3 aromatic rings. The van der Waals surface area contributed by atoms with Gasteiger partial charge in [-0.3, -0.25) is 9.69 Å². The van der Waals surface area contributed by atoms with E-state index in [2.05, 4.69) is 15.2 Å². The molecular weight excluding hydrogens is 520 g/mol. The molecule has 0 atom stereocenters. The van der Waals surface area contributed by atoms with E-state index in [-0.39, 0.29) is 12.4 Å².